The summed E-state index contributed by atoms with van der Waals surface area (Å²) in [7, 11) is -2.84. The second kappa shape index (κ2) is 5.28. The Morgan fingerprint density at radius 3 is 2.78 bits per heavy atom. The molecule has 0 spiro atoms. The standard InChI is InChI=1S/C13H20N2O2S/c1-2-18(16,17)8-4-7-15-9-11-5-3-6-13(14)12(11)10-15/h3,5-6H,2,4,7-10,14H2,1H3. The summed E-state index contributed by atoms with van der Waals surface area (Å²) in [5.41, 5.74) is 9.25. The van der Waals surface area contributed by atoms with E-state index in [1.165, 1.54) is 11.1 Å². The molecule has 0 aliphatic carbocycles. The van der Waals surface area contributed by atoms with E-state index < -0.39 is 9.84 Å². The molecule has 2 rings (SSSR count). The van der Waals surface area contributed by atoms with Crippen molar-refractivity contribution in [3.63, 3.8) is 0 Å². The van der Waals surface area contributed by atoms with E-state index in [1.54, 1.807) is 6.92 Å². The van der Waals surface area contributed by atoms with Gasteiger partial charge in [-0.3, -0.25) is 4.90 Å². The van der Waals surface area contributed by atoms with E-state index in [0.29, 0.717) is 6.42 Å². The molecule has 18 heavy (non-hydrogen) atoms. The molecule has 2 N–H and O–H groups in total. The van der Waals surface area contributed by atoms with Crippen LogP contribution in [0.5, 0.6) is 0 Å². The van der Waals surface area contributed by atoms with E-state index in [2.05, 4.69) is 11.0 Å². The van der Waals surface area contributed by atoms with Gasteiger partial charge in [0.1, 0.15) is 9.84 Å². The first kappa shape index (κ1) is 13.4. The zero-order valence-electron chi connectivity index (χ0n) is 10.7. The van der Waals surface area contributed by atoms with Crippen molar-refractivity contribution in [3.05, 3.63) is 29.3 Å². The first-order valence-electron chi connectivity index (χ1n) is 6.31. The summed E-state index contributed by atoms with van der Waals surface area (Å²) < 4.78 is 22.8. The monoisotopic (exact) mass is 268 g/mol. The lowest BCUT2D eigenvalue weighted by Crippen LogP contribution is -2.21. The summed E-state index contributed by atoms with van der Waals surface area (Å²) >= 11 is 0. The lowest BCUT2D eigenvalue weighted by Gasteiger charge is -2.14. The van der Waals surface area contributed by atoms with Crippen molar-refractivity contribution in [1.29, 1.82) is 0 Å². The molecule has 0 unspecified atom stereocenters. The van der Waals surface area contributed by atoms with E-state index in [4.69, 9.17) is 5.73 Å². The van der Waals surface area contributed by atoms with E-state index in [9.17, 15) is 8.42 Å². The van der Waals surface area contributed by atoms with E-state index in [1.807, 2.05) is 12.1 Å². The van der Waals surface area contributed by atoms with Crippen LogP contribution in [0.3, 0.4) is 0 Å². The molecule has 0 saturated carbocycles. The van der Waals surface area contributed by atoms with Gasteiger partial charge in [0.2, 0.25) is 0 Å². The van der Waals surface area contributed by atoms with Gasteiger partial charge in [0.25, 0.3) is 0 Å². The van der Waals surface area contributed by atoms with Gasteiger partial charge in [0.15, 0.2) is 0 Å². The number of hydrogen-bond acceptors (Lipinski definition) is 4. The molecule has 0 aromatic heterocycles. The minimum atomic E-state index is -2.84. The zero-order valence-corrected chi connectivity index (χ0v) is 11.5. The highest BCUT2D eigenvalue weighted by Gasteiger charge is 2.20. The van der Waals surface area contributed by atoms with Crippen LogP contribution >= 0.6 is 0 Å². The van der Waals surface area contributed by atoms with E-state index in [0.717, 1.165) is 25.3 Å². The van der Waals surface area contributed by atoms with Gasteiger partial charge < -0.3 is 5.73 Å². The maximum absolute atomic E-state index is 11.4. The average molecular weight is 268 g/mol. The summed E-state index contributed by atoms with van der Waals surface area (Å²) in [6, 6.07) is 5.98. The van der Waals surface area contributed by atoms with Crippen LogP contribution in [0.25, 0.3) is 0 Å². The van der Waals surface area contributed by atoms with Gasteiger partial charge in [-0.25, -0.2) is 8.42 Å². The molecule has 0 bridgehead atoms. The number of hydrogen-bond donors (Lipinski definition) is 1. The molecule has 4 nitrogen and oxygen atoms in total. The van der Waals surface area contributed by atoms with Crippen LogP contribution in [0, 0.1) is 0 Å². The van der Waals surface area contributed by atoms with Crippen molar-refractivity contribution in [3.8, 4) is 0 Å². The molecule has 0 atom stereocenters. The van der Waals surface area contributed by atoms with Crippen LogP contribution < -0.4 is 5.73 Å². The molecule has 1 aliphatic rings. The molecule has 0 fully saturated rings. The molecule has 1 heterocycles. The van der Waals surface area contributed by atoms with Crippen LogP contribution in [0.2, 0.25) is 0 Å². The number of benzene rings is 1. The Hall–Kier alpha value is -1.07. The number of nitrogens with two attached hydrogens (primary N) is 1. The molecule has 1 aromatic carbocycles. The van der Waals surface area contributed by atoms with Gasteiger partial charge in [0, 0.05) is 24.5 Å². The van der Waals surface area contributed by atoms with Crippen LogP contribution in [0.1, 0.15) is 24.5 Å². The van der Waals surface area contributed by atoms with Crippen LogP contribution in [-0.4, -0.2) is 31.4 Å². The fourth-order valence-corrected chi connectivity index (χ4v) is 3.18. The molecule has 0 amide bonds. The Bertz CT molecular complexity index is 526. The maximum Gasteiger partial charge on any atom is 0.150 e. The Kier molecular flexibility index (Phi) is 3.92. The second-order valence-corrected chi connectivity index (χ2v) is 7.26. The summed E-state index contributed by atoms with van der Waals surface area (Å²) in [5.74, 6) is 0.520. The van der Waals surface area contributed by atoms with Gasteiger partial charge in [-0.05, 0) is 30.2 Å². The highest BCUT2D eigenvalue weighted by molar-refractivity contribution is 7.91. The van der Waals surface area contributed by atoms with Gasteiger partial charge in [-0.1, -0.05) is 19.1 Å². The number of nitrogen functional groups attached to an aromatic ring is 1. The fourth-order valence-electron chi connectivity index (χ4n) is 2.33. The third kappa shape index (κ3) is 3.03. The lowest BCUT2D eigenvalue weighted by atomic mass is 10.1. The fraction of sp³-hybridized carbons (Fsp3) is 0.538. The van der Waals surface area contributed by atoms with Crippen molar-refractivity contribution in [2.45, 2.75) is 26.4 Å². The largest absolute Gasteiger partial charge is 0.398 e. The quantitative estimate of drug-likeness (QED) is 0.820. The third-order valence-electron chi connectivity index (χ3n) is 3.45. The topological polar surface area (TPSA) is 63.4 Å². The number of nitrogens with zero attached hydrogens (tertiary/aromatic N) is 1. The van der Waals surface area contributed by atoms with Crippen molar-refractivity contribution in [2.75, 3.05) is 23.8 Å². The predicted octanol–water partition coefficient (Wildman–Crippen LogP) is 1.41. The number of sulfone groups is 1. The lowest BCUT2D eigenvalue weighted by molar-refractivity contribution is 0.285. The molecule has 0 saturated heterocycles. The molecule has 100 valence electrons. The number of fused-ring (bicyclic) bond motifs is 1. The molecule has 0 radical (unpaired) electrons. The summed E-state index contributed by atoms with van der Waals surface area (Å²) in [6.45, 7) is 4.23. The number of rotatable bonds is 5. The maximum atomic E-state index is 11.4. The van der Waals surface area contributed by atoms with Gasteiger partial charge >= 0.3 is 0 Å². The zero-order chi connectivity index (χ0) is 13.2. The highest BCUT2D eigenvalue weighted by Crippen LogP contribution is 2.27. The van der Waals surface area contributed by atoms with Crippen LogP contribution in [0.15, 0.2) is 18.2 Å². The van der Waals surface area contributed by atoms with E-state index >= 15 is 0 Å². The Morgan fingerprint density at radius 1 is 1.33 bits per heavy atom. The van der Waals surface area contributed by atoms with Crippen molar-refractivity contribution >= 4 is 15.5 Å². The summed E-state index contributed by atoms with van der Waals surface area (Å²) in [5, 5.41) is 0. The molecular weight excluding hydrogens is 248 g/mol. The van der Waals surface area contributed by atoms with Crippen molar-refractivity contribution in [1.82, 2.24) is 4.90 Å². The Labute approximate surface area is 109 Å². The number of anilines is 1. The van der Waals surface area contributed by atoms with Crippen LogP contribution in [0.4, 0.5) is 5.69 Å². The van der Waals surface area contributed by atoms with Crippen molar-refractivity contribution in [2.24, 2.45) is 0 Å². The molecule has 1 aliphatic heterocycles. The van der Waals surface area contributed by atoms with E-state index in [-0.39, 0.29) is 11.5 Å². The van der Waals surface area contributed by atoms with Gasteiger partial charge in [-0.15, -0.1) is 0 Å². The molecular formula is C13H20N2O2S. The molecule has 5 heteroatoms. The minimum Gasteiger partial charge on any atom is -0.398 e. The third-order valence-corrected chi connectivity index (χ3v) is 5.24. The normalized spacial score (nSPS) is 15.8. The first-order chi connectivity index (χ1) is 8.52. The smallest absolute Gasteiger partial charge is 0.150 e. The second-order valence-electron chi connectivity index (χ2n) is 4.79. The Balaban J connectivity index is 1.87. The first-order valence-corrected chi connectivity index (χ1v) is 8.13. The highest BCUT2D eigenvalue weighted by atomic mass is 32.2. The minimum absolute atomic E-state index is 0.236. The van der Waals surface area contributed by atoms with Gasteiger partial charge in [0.05, 0.1) is 5.75 Å². The Morgan fingerprint density at radius 2 is 2.11 bits per heavy atom. The summed E-state index contributed by atoms with van der Waals surface area (Å²) in [6.07, 6.45) is 0.698. The molecule has 1 aromatic rings. The van der Waals surface area contributed by atoms with Crippen molar-refractivity contribution < 1.29 is 8.42 Å². The predicted molar refractivity (Wildman–Crippen MR) is 73.9 cm³/mol. The van der Waals surface area contributed by atoms with Crippen LogP contribution in [-0.2, 0) is 22.9 Å². The van der Waals surface area contributed by atoms with Gasteiger partial charge in [-0.2, -0.15) is 0 Å². The SMILES string of the molecule is CCS(=O)(=O)CCCN1Cc2cccc(N)c2C1. The average Bonchev–Trinajstić information content (AvgIpc) is 2.73. The summed E-state index contributed by atoms with van der Waals surface area (Å²) in [4.78, 5) is 2.26.